The minimum Gasteiger partial charge on any atom is -0.337 e. The van der Waals surface area contributed by atoms with Crippen molar-refractivity contribution >= 4 is 17.5 Å². The van der Waals surface area contributed by atoms with Crippen LogP contribution in [-0.2, 0) is 17.6 Å². The van der Waals surface area contributed by atoms with Crippen LogP contribution in [0.1, 0.15) is 43.1 Å². The summed E-state index contributed by atoms with van der Waals surface area (Å²) in [7, 11) is 0. The summed E-state index contributed by atoms with van der Waals surface area (Å²) in [6, 6.07) is 4.18. The van der Waals surface area contributed by atoms with Crippen LogP contribution in [0.5, 0.6) is 0 Å². The van der Waals surface area contributed by atoms with Gasteiger partial charge in [-0.15, -0.1) is 0 Å². The molecule has 1 aromatic heterocycles. The lowest BCUT2D eigenvalue weighted by Gasteiger charge is -2.22. The van der Waals surface area contributed by atoms with Crippen LogP contribution in [0.2, 0.25) is 5.02 Å². The third kappa shape index (κ3) is 3.22. The van der Waals surface area contributed by atoms with Crippen LogP contribution < -0.4 is 0 Å². The summed E-state index contributed by atoms with van der Waals surface area (Å²) in [6.45, 7) is 2.53. The summed E-state index contributed by atoms with van der Waals surface area (Å²) in [6.07, 6.45) is 2.22. The summed E-state index contributed by atoms with van der Waals surface area (Å²) >= 11 is 6.00. The van der Waals surface area contributed by atoms with E-state index in [2.05, 4.69) is 10.1 Å². The summed E-state index contributed by atoms with van der Waals surface area (Å²) < 4.78 is 19.1. The zero-order valence-corrected chi connectivity index (χ0v) is 13.5. The van der Waals surface area contributed by atoms with Crippen LogP contribution in [0.15, 0.2) is 22.7 Å². The number of aryl methyl sites for hydroxylation is 1. The van der Waals surface area contributed by atoms with Gasteiger partial charge in [-0.25, -0.2) is 4.39 Å². The molecule has 7 heteroatoms. The Labute approximate surface area is 138 Å². The van der Waals surface area contributed by atoms with Crippen molar-refractivity contribution in [3.63, 3.8) is 0 Å². The van der Waals surface area contributed by atoms with Crippen molar-refractivity contribution in [2.24, 2.45) is 0 Å². The Kier molecular flexibility index (Phi) is 4.61. The van der Waals surface area contributed by atoms with Crippen molar-refractivity contribution in [2.75, 3.05) is 6.54 Å². The monoisotopic (exact) mass is 337 g/mol. The standard InChI is InChI=1S/C16H17ClFN3O2/c1-2-14-19-16(23-20-14)13-7-4-8-21(13)15(22)9-10-11(17)5-3-6-12(10)18/h3,5-6,13H,2,4,7-9H2,1H3. The number of nitrogens with zero attached hydrogens (tertiary/aromatic N) is 3. The molecule has 5 nitrogen and oxygen atoms in total. The molecule has 1 atom stereocenters. The van der Waals surface area contributed by atoms with E-state index in [0.29, 0.717) is 24.7 Å². The molecule has 0 spiro atoms. The molecule has 1 aliphatic rings. The molecule has 0 N–H and O–H groups in total. The Balaban J connectivity index is 1.78. The first-order valence-electron chi connectivity index (χ1n) is 7.65. The number of aromatic nitrogens is 2. The number of amides is 1. The molecule has 1 unspecified atom stereocenters. The highest BCUT2D eigenvalue weighted by Gasteiger charge is 2.34. The number of carbonyl (C=O) groups is 1. The molecule has 1 fully saturated rings. The van der Waals surface area contributed by atoms with E-state index >= 15 is 0 Å². The lowest BCUT2D eigenvalue weighted by atomic mass is 10.1. The number of halogens is 2. The van der Waals surface area contributed by atoms with Gasteiger partial charge in [0.2, 0.25) is 11.8 Å². The van der Waals surface area contributed by atoms with E-state index in [-0.39, 0.29) is 29.0 Å². The van der Waals surface area contributed by atoms with Gasteiger partial charge in [0.15, 0.2) is 5.82 Å². The third-order valence-electron chi connectivity index (χ3n) is 4.05. The van der Waals surface area contributed by atoms with Crippen LogP contribution in [-0.4, -0.2) is 27.5 Å². The highest BCUT2D eigenvalue weighted by molar-refractivity contribution is 6.31. The Morgan fingerprint density at radius 2 is 2.35 bits per heavy atom. The molecule has 0 aliphatic carbocycles. The molecule has 1 saturated heterocycles. The van der Waals surface area contributed by atoms with E-state index in [0.717, 1.165) is 12.8 Å². The number of benzene rings is 1. The maximum Gasteiger partial charge on any atom is 0.249 e. The second-order valence-electron chi connectivity index (χ2n) is 5.52. The van der Waals surface area contributed by atoms with Gasteiger partial charge in [0, 0.05) is 23.6 Å². The lowest BCUT2D eigenvalue weighted by Crippen LogP contribution is -2.32. The zero-order chi connectivity index (χ0) is 16.4. The fraction of sp³-hybridized carbons (Fsp3) is 0.438. The molecule has 1 aromatic carbocycles. The Morgan fingerprint density at radius 3 is 3.04 bits per heavy atom. The second-order valence-corrected chi connectivity index (χ2v) is 5.93. The lowest BCUT2D eigenvalue weighted by molar-refractivity contribution is -0.131. The van der Waals surface area contributed by atoms with E-state index < -0.39 is 5.82 Å². The normalized spacial score (nSPS) is 17.7. The van der Waals surface area contributed by atoms with Crippen molar-refractivity contribution in [1.82, 2.24) is 15.0 Å². The van der Waals surface area contributed by atoms with Gasteiger partial charge < -0.3 is 9.42 Å². The SMILES string of the molecule is CCc1noc(C2CCCN2C(=O)Cc2c(F)cccc2Cl)n1. The number of hydrogen-bond donors (Lipinski definition) is 0. The first kappa shape index (κ1) is 15.9. The quantitative estimate of drug-likeness (QED) is 0.858. The first-order valence-corrected chi connectivity index (χ1v) is 8.02. The van der Waals surface area contributed by atoms with Gasteiger partial charge in [-0.05, 0) is 25.0 Å². The van der Waals surface area contributed by atoms with Crippen LogP contribution in [0.3, 0.4) is 0 Å². The van der Waals surface area contributed by atoms with E-state index in [1.54, 1.807) is 11.0 Å². The van der Waals surface area contributed by atoms with Crippen LogP contribution in [0.4, 0.5) is 4.39 Å². The summed E-state index contributed by atoms with van der Waals surface area (Å²) in [5.74, 6) is 0.423. The molecule has 0 bridgehead atoms. The summed E-state index contributed by atoms with van der Waals surface area (Å²) in [4.78, 5) is 18.6. The van der Waals surface area contributed by atoms with Gasteiger partial charge in [-0.2, -0.15) is 4.98 Å². The highest BCUT2D eigenvalue weighted by atomic mass is 35.5. The molecular formula is C16H17ClFN3O2. The first-order chi connectivity index (χ1) is 11.1. The molecule has 1 amide bonds. The van der Waals surface area contributed by atoms with Gasteiger partial charge in [-0.1, -0.05) is 29.7 Å². The Hall–Kier alpha value is -1.95. The van der Waals surface area contributed by atoms with Gasteiger partial charge in [0.05, 0.1) is 6.42 Å². The fourth-order valence-electron chi connectivity index (χ4n) is 2.82. The number of hydrogen-bond acceptors (Lipinski definition) is 4. The smallest absolute Gasteiger partial charge is 0.249 e. The van der Waals surface area contributed by atoms with Crippen molar-refractivity contribution in [1.29, 1.82) is 0 Å². The molecule has 3 rings (SSSR count). The third-order valence-corrected chi connectivity index (χ3v) is 4.40. The van der Waals surface area contributed by atoms with Crippen LogP contribution in [0, 0.1) is 5.82 Å². The molecule has 122 valence electrons. The summed E-state index contributed by atoms with van der Waals surface area (Å²) in [5.41, 5.74) is 0.226. The molecule has 23 heavy (non-hydrogen) atoms. The van der Waals surface area contributed by atoms with Gasteiger partial charge in [-0.3, -0.25) is 4.79 Å². The Morgan fingerprint density at radius 1 is 1.52 bits per heavy atom. The van der Waals surface area contributed by atoms with Crippen molar-refractivity contribution in [2.45, 2.75) is 38.6 Å². The number of likely N-dealkylation sites (tertiary alicyclic amines) is 1. The number of carbonyl (C=O) groups excluding carboxylic acids is 1. The Bertz CT molecular complexity index is 699. The molecule has 0 saturated carbocycles. The van der Waals surface area contributed by atoms with E-state index in [1.165, 1.54) is 12.1 Å². The maximum atomic E-state index is 13.9. The molecule has 0 radical (unpaired) electrons. The minimum atomic E-state index is -0.465. The van der Waals surface area contributed by atoms with Crippen LogP contribution in [0.25, 0.3) is 0 Å². The largest absolute Gasteiger partial charge is 0.337 e. The number of rotatable bonds is 4. The predicted octanol–water partition coefficient (Wildman–Crippen LogP) is 3.33. The van der Waals surface area contributed by atoms with Gasteiger partial charge in [0.25, 0.3) is 0 Å². The zero-order valence-electron chi connectivity index (χ0n) is 12.8. The van der Waals surface area contributed by atoms with E-state index in [1.807, 2.05) is 6.92 Å². The van der Waals surface area contributed by atoms with Gasteiger partial charge >= 0.3 is 0 Å². The second kappa shape index (κ2) is 6.66. The highest BCUT2D eigenvalue weighted by Crippen LogP contribution is 2.32. The van der Waals surface area contributed by atoms with Gasteiger partial charge in [0.1, 0.15) is 11.9 Å². The topological polar surface area (TPSA) is 59.2 Å². The van der Waals surface area contributed by atoms with Crippen molar-refractivity contribution < 1.29 is 13.7 Å². The van der Waals surface area contributed by atoms with E-state index in [4.69, 9.17) is 16.1 Å². The molecular weight excluding hydrogens is 321 g/mol. The van der Waals surface area contributed by atoms with Crippen molar-refractivity contribution in [3.05, 3.63) is 46.3 Å². The predicted molar refractivity (Wildman–Crippen MR) is 82.5 cm³/mol. The van der Waals surface area contributed by atoms with Crippen molar-refractivity contribution in [3.8, 4) is 0 Å². The minimum absolute atomic E-state index is 0.0726. The fourth-order valence-corrected chi connectivity index (χ4v) is 3.05. The molecule has 2 heterocycles. The van der Waals surface area contributed by atoms with E-state index in [9.17, 15) is 9.18 Å². The molecule has 2 aromatic rings. The van der Waals surface area contributed by atoms with Crippen LogP contribution >= 0.6 is 11.6 Å². The maximum absolute atomic E-state index is 13.9. The molecule has 1 aliphatic heterocycles. The average molecular weight is 338 g/mol. The average Bonchev–Trinajstić information content (AvgIpc) is 3.18. The summed E-state index contributed by atoms with van der Waals surface area (Å²) in [5, 5.41) is 4.14.